The van der Waals surface area contributed by atoms with Crippen LogP contribution in [0.4, 0.5) is 15.5 Å². The predicted octanol–water partition coefficient (Wildman–Crippen LogP) is 2.98. The molecule has 0 spiro atoms. The van der Waals surface area contributed by atoms with Crippen molar-refractivity contribution < 1.29 is 23.9 Å². The predicted molar refractivity (Wildman–Crippen MR) is 111 cm³/mol. The summed E-state index contributed by atoms with van der Waals surface area (Å²) in [6.45, 7) is 0.754. The van der Waals surface area contributed by atoms with Gasteiger partial charge in [-0.2, -0.15) is 0 Å². The summed E-state index contributed by atoms with van der Waals surface area (Å²) in [6.07, 6.45) is 0.0638. The maximum atomic E-state index is 12.7. The van der Waals surface area contributed by atoms with Gasteiger partial charge in [-0.25, -0.2) is 9.59 Å². The van der Waals surface area contributed by atoms with Crippen molar-refractivity contribution >= 4 is 40.0 Å². The maximum Gasteiger partial charge on any atom is 0.409 e. The number of ether oxygens (including phenoxy) is 2. The zero-order valence-electron chi connectivity index (χ0n) is 16.8. The number of nitrogens with zero attached hydrogens (tertiary/aromatic N) is 2. The molecule has 1 aliphatic heterocycles. The van der Waals surface area contributed by atoms with Gasteiger partial charge in [0.15, 0.2) is 0 Å². The van der Waals surface area contributed by atoms with E-state index in [1.54, 1.807) is 17.0 Å². The first-order valence-corrected chi connectivity index (χ1v) is 9.81. The molecule has 0 unspecified atom stereocenters. The number of rotatable bonds is 4. The van der Waals surface area contributed by atoms with Gasteiger partial charge in [0.25, 0.3) is 5.91 Å². The molecule has 0 aliphatic carbocycles. The van der Waals surface area contributed by atoms with Crippen molar-refractivity contribution in [2.24, 2.45) is 0 Å². The van der Waals surface area contributed by atoms with Crippen LogP contribution in [-0.2, 0) is 22.4 Å². The van der Waals surface area contributed by atoms with Crippen LogP contribution in [0.1, 0.15) is 31.2 Å². The number of esters is 1. The summed E-state index contributed by atoms with van der Waals surface area (Å²) < 4.78 is 9.72. The lowest BCUT2D eigenvalue weighted by molar-refractivity contribution is 0.0600. The third-order valence-electron chi connectivity index (χ3n) is 4.75. The van der Waals surface area contributed by atoms with Gasteiger partial charge in [0.2, 0.25) is 0 Å². The lowest BCUT2D eigenvalue weighted by Gasteiger charge is -2.25. The summed E-state index contributed by atoms with van der Waals surface area (Å²) in [5.41, 5.74) is 2.62. The lowest BCUT2D eigenvalue weighted by Crippen LogP contribution is -2.35. The Bertz CT molecular complexity index is 936. The minimum Gasteiger partial charge on any atom is -0.465 e. The van der Waals surface area contributed by atoms with Gasteiger partial charge in [-0.3, -0.25) is 4.79 Å². The molecule has 0 bridgehead atoms. The van der Waals surface area contributed by atoms with Crippen LogP contribution in [0.3, 0.4) is 0 Å². The second kappa shape index (κ2) is 8.52. The fraction of sp³-hybridized carbons (Fsp3) is 0.350. The van der Waals surface area contributed by atoms with E-state index in [4.69, 9.17) is 9.47 Å². The molecule has 2 heterocycles. The summed E-state index contributed by atoms with van der Waals surface area (Å²) in [4.78, 5) is 41.3. The summed E-state index contributed by atoms with van der Waals surface area (Å²) >= 11 is 1.28. The quantitative estimate of drug-likeness (QED) is 0.770. The Labute approximate surface area is 173 Å². The highest BCUT2D eigenvalue weighted by Crippen LogP contribution is 2.38. The van der Waals surface area contributed by atoms with Gasteiger partial charge in [0.1, 0.15) is 5.00 Å². The molecule has 0 atom stereocenters. The summed E-state index contributed by atoms with van der Waals surface area (Å²) in [5, 5.41) is 3.26. The van der Waals surface area contributed by atoms with Crippen molar-refractivity contribution in [1.82, 2.24) is 4.90 Å². The van der Waals surface area contributed by atoms with E-state index in [1.807, 2.05) is 31.1 Å². The molecule has 0 radical (unpaired) electrons. The van der Waals surface area contributed by atoms with Crippen LogP contribution in [0, 0.1) is 0 Å². The number of fused-ring (bicyclic) bond motifs is 1. The molecule has 154 valence electrons. The largest absolute Gasteiger partial charge is 0.465 e. The van der Waals surface area contributed by atoms with Gasteiger partial charge < -0.3 is 24.6 Å². The Morgan fingerprint density at radius 3 is 2.38 bits per heavy atom. The molecule has 1 aromatic carbocycles. The Balaban J connectivity index is 1.88. The molecule has 3 rings (SSSR count). The van der Waals surface area contributed by atoms with Gasteiger partial charge in [0, 0.05) is 36.8 Å². The summed E-state index contributed by atoms with van der Waals surface area (Å²) in [5.74, 6) is -0.823. The number of hydrogen-bond acceptors (Lipinski definition) is 7. The topological polar surface area (TPSA) is 88.2 Å². The van der Waals surface area contributed by atoms with Crippen LogP contribution in [0.15, 0.2) is 24.3 Å². The van der Waals surface area contributed by atoms with Crippen molar-refractivity contribution in [2.45, 2.75) is 13.0 Å². The SMILES string of the molecule is COC(=O)c1c(NC(=O)c2ccc(N(C)C)cc2)sc2c1CCN(C(=O)OC)C2. The Kier molecular flexibility index (Phi) is 6.07. The van der Waals surface area contributed by atoms with E-state index in [9.17, 15) is 14.4 Å². The van der Waals surface area contributed by atoms with Crippen LogP contribution >= 0.6 is 11.3 Å². The molecular formula is C20H23N3O5S. The average molecular weight is 417 g/mol. The number of anilines is 2. The van der Waals surface area contributed by atoms with E-state index in [0.717, 1.165) is 16.1 Å². The molecule has 8 nitrogen and oxygen atoms in total. The second-order valence-corrected chi connectivity index (χ2v) is 7.84. The van der Waals surface area contributed by atoms with Crippen molar-refractivity contribution in [3.63, 3.8) is 0 Å². The fourth-order valence-electron chi connectivity index (χ4n) is 3.18. The number of carbonyl (C=O) groups is 3. The minimum atomic E-state index is -0.507. The minimum absolute atomic E-state index is 0.316. The number of methoxy groups -OCH3 is 2. The second-order valence-electron chi connectivity index (χ2n) is 6.74. The number of hydrogen-bond donors (Lipinski definition) is 1. The number of thiophene rings is 1. The van der Waals surface area contributed by atoms with Crippen LogP contribution < -0.4 is 10.2 Å². The summed E-state index contributed by atoms with van der Waals surface area (Å²) in [7, 11) is 6.48. The molecule has 0 fully saturated rings. The van der Waals surface area contributed by atoms with Gasteiger partial charge in [0.05, 0.1) is 26.3 Å². The summed E-state index contributed by atoms with van der Waals surface area (Å²) in [6, 6.07) is 7.16. The number of benzene rings is 1. The number of nitrogens with one attached hydrogen (secondary N) is 1. The third-order valence-corrected chi connectivity index (χ3v) is 5.88. The zero-order valence-corrected chi connectivity index (χ0v) is 17.6. The number of carbonyl (C=O) groups excluding carboxylic acids is 3. The van der Waals surface area contributed by atoms with Gasteiger partial charge in [-0.05, 0) is 36.2 Å². The molecule has 1 N–H and O–H groups in total. The molecule has 0 saturated heterocycles. The van der Waals surface area contributed by atoms with E-state index < -0.39 is 12.1 Å². The first-order chi connectivity index (χ1) is 13.8. The first-order valence-electron chi connectivity index (χ1n) is 9.00. The molecule has 2 amide bonds. The van der Waals surface area contributed by atoms with E-state index in [-0.39, 0.29) is 5.91 Å². The smallest absolute Gasteiger partial charge is 0.409 e. The Morgan fingerprint density at radius 1 is 1.10 bits per heavy atom. The highest BCUT2D eigenvalue weighted by atomic mass is 32.1. The molecule has 9 heteroatoms. The fourth-order valence-corrected chi connectivity index (χ4v) is 4.43. The van der Waals surface area contributed by atoms with Crippen molar-refractivity contribution in [2.75, 3.05) is 45.1 Å². The number of amides is 2. The highest BCUT2D eigenvalue weighted by molar-refractivity contribution is 7.17. The Morgan fingerprint density at radius 2 is 1.79 bits per heavy atom. The monoisotopic (exact) mass is 417 g/mol. The van der Waals surface area contributed by atoms with Crippen molar-refractivity contribution in [3.8, 4) is 0 Å². The van der Waals surface area contributed by atoms with Crippen molar-refractivity contribution in [3.05, 3.63) is 45.8 Å². The average Bonchev–Trinajstić information content (AvgIpc) is 3.09. The zero-order chi connectivity index (χ0) is 21.1. The van der Waals surface area contributed by atoms with Crippen LogP contribution in [0.5, 0.6) is 0 Å². The van der Waals surface area contributed by atoms with E-state index in [2.05, 4.69) is 5.32 Å². The van der Waals surface area contributed by atoms with Crippen LogP contribution in [-0.4, -0.2) is 57.7 Å². The maximum absolute atomic E-state index is 12.7. The third kappa shape index (κ3) is 4.19. The van der Waals surface area contributed by atoms with Gasteiger partial charge >= 0.3 is 12.1 Å². The van der Waals surface area contributed by atoms with Crippen molar-refractivity contribution in [1.29, 1.82) is 0 Å². The lowest BCUT2D eigenvalue weighted by atomic mass is 10.0. The van der Waals surface area contributed by atoms with E-state index >= 15 is 0 Å². The molecule has 29 heavy (non-hydrogen) atoms. The molecule has 1 aliphatic rings. The standard InChI is InChI=1S/C20H23N3O5S/c1-22(2)13-7-5-12(6-8-13)17(24)21-18-16(19(25)27-3)14-9-10-23(20(26)28-4)11-15(14)29-18/h5-8H,9-11H2,1-4H3,(H,21,24). The molecule has 1 aromatic heterocycles. The van der Waals surface area contributed by atoms with E-state index in [1.165, 1.54) is 25.6 Å². The van der Waals surface area contributed by atoms with Gasteiger partial charge in [-0.1, -0.05) is 0 Å². The molecule has 2 aromatic rings. The molecular weight excluding hydrogens is 394 g/mol. The Hall–Kier alpha value is -3.07. The highest BCUT2D eigenvalue weighted by Gasteiger charge is 2.31. The normalized spacial score (nSPS) is 12.8. The van der Waals surface area contributed by atoms with Crippen LogP contribution in [0.2, 0.25) is 0 Å². The molecule has 0 saturated carbocycles. The van der Waals surface area contributed by atoms with Crippen LogP contribution in [0.25, 0.3) is 0 Å². The van der Waals surface area contributed by atoms with Gasteiger partial charge in [-0.15, -0.1) is 11.3 Å². The van der Waals surface area contributed by atoms with E-state index in [0.29, 0.717) is 35.6 Å². The first kappa shape index (κ1) is 20.7.